The van der Waals surface area contributed by atoms with Crippen LogP contribution in [0.1, 0.15) is 0 Å². The third kappa shape index (κ3) is 4.61. The average molecular weight is 771 g/mol. The molecule has 0 saturated carbocycles. The molecule has 280 valence electrons. The van der Waals surface area contributed by atoms with Crippen LogP contribution in [0.5, 0.6) is 0 Å². The van der Waals surface area contributed by atoms with Crippen LogP contribution in [0.2, 0.25) is 0 Å². The molecule has 0 bridgehead atoms. The predicted octanol–water partition coefficient (Wildman–Crippen LogP) is 17.2. The zero-order chi connectivity index (χ0) is 39.8. The molecule has 0 radical (unpaired) electrons. The summed E-state index contributed by atoms with van der Waals surface area (Å²) in [4.78, 5) is 0. The van der Waals surface area contributed by atoms with E-state index in [2.05, 4.69) is 206 Å². The van der Waals surface area contributed by atoms with Crippen LogP contribution in [0.25, 0.3) is 142 Å². The molecule has 1 heterocycles. The maximum atomic E-state index is 7.14. The summed E-state index contributed by atoms with van der Waals surface area (Å²) in [5.74, 6) is 0. The van der Waals surface area contributed by atoms with Gasteiger partial charge in [0.05, 0.1) is 0 Å². The first-order valence-electron chi connectivity index (χ1n) is 21.2. The molecule has 0 fully saturated rings. The Kier molecular flexibility index (Phi) is 6.62. The lowest BCUT2D eigenvalue weighted by Gasteiger charge is -2.17. The highest BCUT2D eigenvalue weighted by molar-refractivity contribution is 6.30. The lowest BCUT2D eigenvalue weighted by atomic mass is 9.86. The number of hydrogen-bond acceptors (Lipinski definition) is 1. The smallest absolute Gasteiger partial charge is 0.143 e. The van der Waals surface area contributed by atoms with Gasteiger partial charge in [0.1, 0.15) is 11.2 Å². The Hall–Kier alpha value is -8.00. The van der Waals surface area contributed by atoms with Crippen molar-refractivity contribution in [3.8, 4) is 44.5 Å². The van der Waals surface area contributed by atoms with Gasteiger partial charge in [-0.05, 0) is 121 Å². The Morgan fingerprint density at radius 1 is 0.197 bits per heavy atom. The molecule has 0 spiro atoms. The highest BCUT2D eigenvalue weighted by Gasteiger charge is 2.22. The van der Waals surface area contributed by atoms with Gasteiger partial charge >= 0.3 is 0 Å². The lowest BCUT2D eigenvalue weighted by Crippen LogP contribution is -1.90. The fourth-order valence-electron chi connectivity index (χ4n) is 10.8. The Morgan fingerprint density at radius 3 is 1.30 bits per heavy atom. The summed E-state index contributed by atoms with van der Waals surface area (Å²) >= 11 is 0. The lowest BCUT2D eigenvalue weighted by molar-refractivity contribution is 0.674. The molecule has 0 saturated heterocycles. The Bertz CT molecular complexity index is 4060. The van der Waals surface area contributed by atoms with E-state index < -0.39 is 0 Å². The van der Waals surface area contributed by atoms with Crippen LogP contribution in [0, 0.1) is 0 Å². The standard InChI is InChI=1S/C60H34O/c1-2-7-35(8-3-1)44-26-21-42-25-31-51-48(28-22-43-24-30-50(44)56(42)57(43)51)52-34-33-47(60-58(52)53-32-19-36-9-4-5-12-46(36)59(53)61-60)38-15-13-37(14-16-38)45-27-20-41-18-17-39-10-6-11-40-23-29-49(45)55(41)54(39)40/h1-34H. The summed E-state index contributed by atoms with van der Waals surface area (Å²) in [5, 5.41) is 20.1. The Labute approximate surface area is 351 Å². The largest absolute Gasteiger partial charge is 0.455 e. The van der Waals surface area contributed by atoms with E-state index in [4.69, 9.17) is 4.42 Å². The molecule has 13 aromatic carbocycles. The summed E-state index contributed by atoms with van der Waals surface area (Å²) in [5.41, 5.74) is 11.4. The van der Waals surface area contributed by atoms with E-state index in [1.165, 1.54) is 103 Å². The minimum absolute atomic E-state index is 0.913. The van der Waals surface area contributed by atoms with Gasteiger partial charge in [-0.1, -0.05) is 194 Å². The monoisotopic (exact) mass is 770 g/mol. The van der Waals surface area contributed by atoms with E-state index in [1.807, 2.05) is 0 Å². The molecule has 1 nitrogen and oxygen atoms in total. The van der Waals surface area contributed by atoms with Crippen molar-refractivity contribution in [2.45, 2.75) is 0 Å². The van der Waals surface area contributed by atoms with Gasteiger partial charge in [0.2, 0.25) is 0 Å². The van der Waals surface area contributed by atoms with Crippen molar-refractivity contribution >= 4 is 97.3 Å². The molecule has 0 N–H and O–H groups in total. The zero-order valence-corrected chi connectivity index (χ0v) is 33.0. The van der Waals surface area contributed by atoms with Crippen LogP contribution in [-0.4, -0.2) is 0 Å². The maximum absolute atomic E-state index is 7.14. The second-order valence-electron chi connectivity index (χ2n) is 16.7. The van der Waals surface area contributed by atoms with Crippen molar-refractivity contribution in [3.05, 3.63) is 206 Å². The highest BCUT2D eigenvalue weighted by atomic mass is 16.3. The maximum Gasteiger partial charge on any atom is 0.143 e. The van der Waals surface area contributed by atoms with E-state index in [9.17, 15) is 0 Å². The molecular formula is C60H34O. The minimum Gasteiger partial charge on any atom is -0.455 e. The third-order valence-electron chi connectivity index (χ3n) is 13.6. The van der Waals surface area contributed by atoms with E-state index >= 15 is 0 Å². The molecular weight excluding hydrogens is 737 g/mol. The fraction of sp³-hybridized carbons (Fsp3) is 0. The molecule has 14 rings (SSSR count). The summed E-state index contributed by atoms with van der Waals surface area (Å²) in [7, 11) is 0. The van der Waals surface area contributed by atoms with Crippen LogP contribution < -0.4 is 0 Å². The molecule has 61 heavy (non-hydrogen) atoms. The Balaban J connectivity index is 0.983. The van der Waals surface area contributed by atoms with Crippen molar-refractivity contribution in [2.75, 3.05) is 0 Å². The first kappa shape index (κ1) is 32.9. The van der Waals surface area contributed by atoms with Gasteiger partial charge < -0.3 is 4.42 Å². The van der Waals surface area contributed by atoms with Gasteiger partial charge in [-0.3, -0.25) is 0 Å². The first-order chi connectivity index (χ1) is 30.2. The van der Waals surface area contributed by atoms with Crippen molar-refractivity contribution in [2.24, 2.45) is 0 Å². The van der Waals surface area contributed by atoms with Crippen molar-refractivity contribution < 1.29 is 4.42 Å². The van der Waals surface area contributed by atoms with E-state index in [0.717, 1.165) is 38.5 Å². The van der Waals surface area contributed by atoms with E-state index in [0.29, 0.717) is 0 Å². The molecule has 0 atom stereocenters. The minimum atomic E-state index is 0.913. The molecule has 0 aliphatic carbocycles. The van der Waals surface area contributed by atoms with Crippen molar-refractivity contribution in [1.82, 2.24) is 0 Å². The summed E-state index contributed by atoms with van der Waals surface area (Å²) in [6.07, 6.45) is 0. The van der Waals surface area contributed by atoms with Gasteiger partial charge in [-0.15, -0.1) is 0 Å². The number of hydrogen-bond donors (Lipinski definition) is 0. The first-order valence-corrected chi connectivity index (χ1v) is 21.2. The van der Waals surface area contributed by atoms with Crippen LogP contribution in [0.15, 0.2) is 211 Å². The quantitative estimate of drug-likeness (QED) is 0.162. The van der Waals surface area contributed by atoms with Crippen molar-refractivity contribution in [1.29, 1.82) is 0 Å². The van der Waals surface area contributed by atoms with Gasteiger partial charge in [0.25, 0.3) is 0 Å². The predicted molar refractivity (Wildman–Crippen MR) is 260 cm³/mol. The highest BCUT2D eigenvalue weighted by Crippen LogP contribution is 2.48. The Morgan fingerprint density at radius 2 is 0.623 bits per heavy atom. The molecule has 0 amide bonds. The number of fused-ring (bicyclic) bond motifs is 5. The van der Waals surface area contributed by atoms with Gasteiger partial charge in [0.15, 0.2) is 0 Å². The van der Waals surface area contributed by atoms with Crippen LogP contribution >= 0.6 is 0 Å². The van der Waals surface area contributed by atoms with Gasteiger partial charge in [-0.2, -0.15) is 0 Å². The van der Waals surface area contributed by atoms with Gasteiger partial charge in [0, 0.05) is 21.7 Å². The van der Waals surface area contributed by atoms with Crippen LogP contribution in [0.4, 0.5) is 0 Å². The van der Waals surface area contributed by atoms with Crippen molar-refractivity contribution in [3.63, 3.8) is 0 Å². The summed E-state index contributed by atoms with van der Waals surface area (Å²) < 4.78 is 7.14. The molecule has 0 aliphatic heterocycles. The summed E-state index contributed by atoms with van der Waals surface area (Å²) in [6, 6.07) is 76.2. The van der Waals surface area contributed by atoms with Gasteiger partial charge in [-0.25, -0.2) is 0 Å². The number of benzene rings is 13. The second-order valence-corrected chi connectivity index (χ2v) is 16.7. The topological polar surface area (TPSA) is 13.1 Å². The van der Waals surface area contributed by atoms with Crippen LogP contribution in [0.3, 0.4) is 0 Å². The second kappa shape index (κ2) is 12.3. The molecule has 1 heteroatoms. The number of rotatable bonds is 4. The van der Waals surface area contributed by atoms with E-state index in [1.54, 1.807) is 0 Å². The third-order valence-corrected chi connectivity index (χ3v) is 13.6. The molecule has 0 aliphatic rings. The fourth-order valence-corrected chi connectivity index (χ4v) is 10.8. The molecule has 0 unspecified atom stereocenters. The summed E-state index contributed by atoms with van der Waals surface area (Å²) in [6.45, 7) is 0. The molecule has 14 aromatic rings. The normalized spacial score (nSPS) is 12.3. The SMILES string of the molecule is c1ccc(-c2ccc3ccc4c(-c5ccc(-c6ccc(-c7ccc8ccc9cccc%10ccc7c8c9%10)cc6)c6oc7c8ccccc8ccc7c56)ccc5ccc2c3c54)cc1. The average Bonchev–Trinajstić information content (AvgIpc) is 3.73. The number of furan rings is 1. The van der Waals surface area contributed by atoms with Crippen LogP contribution in [-0.2, 0) is 0 Å². The molecule has 1 aromatic heterocycles. The van der Waals surface area contributed by atoms with E-state index in [-0.39, 0.29) is 0 Å². The zero-order valence-electron chi connectivity index (χ0n) is 33.0.